The van der Waals surface area contributed by atoms with Gasteiger partial charge in [-0.2, -0.15) is 0 Å². The number of ether oxygens (including phenoxy) is 2. The SMILES string of the molecule is COC(=O)[C@H]1[C@@]23Oc4ccccc4[C@@H]2n2c(s/c(=C\c4cc(Cl)cc(Cl)c4O)c2=O)=N[C@@]13C. The molecule has 168 valence electrons. The molecule has 0 radical (unpaired) electrons. The molecule has 4 atom stereocenters. The van der Waals surface area contributed by atoms with E-state index in [1.54, 1.807) is 10.6 Å². The van der Waals surface area contributed by atoms with Crippen LogP contribution in [0, 0.1) is 5.92 Å². The summed E-state index contributed by atoms with van der Waals surface area (Å²) in [7, 11) is 1.33. The van der Waals surface area contributed by atoms with Gasteiger partial charge in [-0.05, 0) is 31.2 Å². The number of carbonyl (C=O) groups is 1. The number of hydrogen-bond acceptors (Lipinski definition) is 7. The Balaban J connectivity index is 1.63. The third-order valence-electron chi connectivity index (χ3n) is 6.80. The molecule has 10 heteroatoms. The number of methoxy groups -OCH3 is 1. The monoisotopic (exact) mass is 502 g/mol. The van der Waals surface area contributed by atoms with E-state index in [0.29, 0.717) is 25.7 Å². The van der Waals surface area contributed by atoms with Gasteiger partial charge in [0.05, 0.1) is 16.7 Å². The summed E-state index contributed by atoms with van der Waals surface area (Å²) in [5.74, 6) is -0.624. The highest BCUT2D eigenvalue weighted by Crippen LogP contribution is 2.70. The number of aromatic hydroxyl groups is 1. The lowest BCUT2D eigenvalue weighted by molar-refractivity contribution is -0.144. The van der Waals surface area contributed by atoms with Crippen LogP contribution in [0.15, 0.2) is 46.2 Å². The first-order valence-corrected chi connectivity index (χ1v) is 11.7. The van der Waals surface area contributed by atoms with Crippen molar-refractivity contribution in [2.75, 3.05) is 7.11 Å². The summed E-state index contributed by atoms with van der Waals surface area (Å²) in [6, 6.07) is 9.85. The Morgan fingerprint density at radius 2 is 2.09 bits per heavy atom. The standard InChI is InChI=1S/C23H16Cl2N2O5S/c1-22-17(20(30)31-2)23(22)18(12-5-3-4-6-14(12)32-23)27-19(29)15(33-21(27)26-22)8-10-7-11(24)9-13(25)16(10)28/h3-9,17-18,28H,1-2H3/b15-8-/t17-,18+,22+,23-/m1/s1. The van der Waals surface area contributed by atoms with Crippen molar-refractivity contribution in [3.05, 3.63) is 77.3 Å². The lowest BCUT2D eigenvalue weighted by Crippen LogP contribution is -2.47. The van der Waals surface area contributed by atoms with Crippen molar-refractivity contribution in [1.82, 2.24) is 4.57 Å². The minimum absolute atomic E-state index is 0.0895. The summed E-state index contributed by atoms with van der Waals surface area (Å²) in [5, 5.41) is 10.8. The number of fused-ring (bicyclic) bond motifs is 4. The van der Waals surface area contributed by atoms with Gasteiger partial charge in [0.15, 0.2) is 10.4 Å². The minimum atomic E-state index is -1.04. The molecule has 1 fully saturated rings. The first kappa shape index (κ1) is 20.8. The van der Waals surface area contributed by atoms with E-state index in [1.165, 1.54) is 30.6 Å². The molecule has 0 saturated heterocycles. The number of carbonyl (C=O) groups excluding carboxylic acids is 1. The maximum absolute atomic E-state index is 13.6. The molecule has 0 amide bonds. The fraction of sp³-hybridized carbons (Fsp3) is 0.261. The van der Waals surface area contributed by atoms with Crippen molar-refractivity contribution >= 4 is 46.6 Å². The number of para-hydroxylation sites is 1. The van der Waals surface area contributed by atoms with Crippen LogP contribution in [0.25, 0.3) is 6.08 Å². The van der Waals surface area contributed by atoms with E-state index < -0.39 is 29.1 Å². The number of phenolic OH excluding ortho intramolecular Hbond substituents is 1. The van der Waals surface area contributed by atoms with Gasteiger partial charge in [0.2, 0.25) is 0 Å². The van der Waals surface area contributed by atoms with Crippen molar-refractivity contribution in [3.8, 4) is 11.5 Å². The van der Waals surface area contributed by atoms with Crippen molar-refractivity contribution < 1.29 is 19.4 Å². The second-order valence-electron chi connectivity index (χ2n) is 8.44. The Kier molecular flexibility index (Phi) is 4.17. The minimum Gasteiger partial charge on any atom is -0.506 e. The summed E-state index contributed by atoms with van der Waals surface area (Å²) < 4.78 is 13.3. The van der Waals surface area contributed by atoms with E-state index in [1.807, 2.05) is 31.2 Å². The fourth-order valence-corrected chi connectivity index (χ4v) is 6.90. The molecular weight excluding hydrogens is 487 g/mol. The predicted molar refractivity (Wildman–Crippen MR) is 123 cm³/mol. The van der Waals surface area contributed by atoms with E-state index in [2.05, 4.69) is 0 Å². The molecule has 6 rings (SSSR count). The van der Waals surface area contributed by atoms with E-state index in [0.717, 1.165) is 5.56 Å². The predicted octanol–water partition coefficient (Wildman–Crippen LogP) is 2.67. The highest BCUT2D eigenvalue weighted by Gasteiger charge is 2.88. The van der Waals surface area contributed by atoms with Gasteiger partial charge < -0.3 is 14.6 Å². The molecule has 0 bridgehead atoms. The van der Waals surface area contributed by atoms with Crippen molar-refractivity contribution in [3.63, 3.8) is 0 Å². The highest BCUT2D eigenvalue weighted by molar-refractivity contribution is 7.07. The second-order valence-corrected chi connectivity index (χ2v) is 10.3. The van der Waals surface area contributed by atoms with E-state index in [-0.39, 0.29) is 16.3 Å². The lowest BCUT2D eigenvalue weighted by atomic mass is 9.97. The number of thiazole rings is 1. The topological polar surface area (TPSA) is 90.1 Å². The van der Waals surface area contributed by atoms with Crippen LogP contribution in [-0.4, -0.2) is 33.9 Å². The third-order valence-corrected chi connectivity index (χ3v) is 8.29. The zero-order valence-corrected chi connectivity index (χ0v) is 19.7. The Hall–Kier alpha value is -2.81. The van der Waals surface area contributed by atoms with Gasteiger partial charge in [0.25, 0.3) is 5.56 Å². The fourth-order valence-electron chi connectivity index (χ4n) is 5.30. The number of benzene rings is 2. The molecule has 0 unspecified atom stereocenters. The molecule has 1 aromatic heterocycles. The number of esters is 1. The van der Waals surface area contributed by atoms with Crippen molar-refractivity contribution in [2.24, 2.45) is 10.9 Å². The molecule has 7 nitrogen and oxygen atoms in total. The van der Waals surface area contributed by atoms with Crippen molar-refractivity contribution in [2.45, 2.75) is 24.1 Å². The third kappa shape index (κ3) is 2.48. The smallest absolute Gasteiger partial charge is 0.315 e. The Labute approximate surface area is 201 Å². The molecule has 3 aromatic rings. The van der Waals surface area contributed by atoms with Crippen molar-refractivity contribution in [1.29, 1.82) is 0 Å². The molecule has 1 saturated carbocycles. The van der Waals surface area contributed by atoms with Gasteiger partial charge in [-0.25, -0.2) is 4.99 Å². The second kappa shape index (κ2) is 6.62. The van der Waals surface area contributed by atoms with Gasteiger partial charge in [0, 0.05) is 16.1 Å². The maximum Gasteiger partial charge on any atom is 0.315 e. The Bertz CT molecular complexity index is 1560. The van der Waals surface area contributed by atoms with Crippen LogP contribution in [0.5, 0.6) is 11.5 Å². The van der Waals surface area contributed by atoms with E-state index >= 15 is 0 Å². The van der Waals surface area contributed by atoms with Gasteiger partial charge in [-0.1, -0.05) is 52.7 Å². The summed E-state index contributed by atoms with van der Waals surface area (Å²) in [6.07, 6.45) is 1.54. The highest BCUT2D eigenvalue weighted by atomic mass is 35.5. The number of aromatic nitrogens is 1. The maximum atomic E-state index is 13.6. The average Bonchev–Trinajstić information content (AvgIpc) is 2.99. The summed E-state index contributed by atoms with van der Waals surface area (Å²) >= 11 is 13.3. The van der Waals surface area contributed by atoms with Crippen LogP contribution >= 0.6 is 34.5 Å². The van der Waals surface area contributed by atoms with Gasteiger partial charge >= 0.3 is 5.97 Å². The first-order valence-electron chi connectivity index (χ1n) is 10.1. The molecular formula is C23H16Cl2N2O5S. The normalized spacial score (nSPS) is 28.7. The molecule has 3 aliphatic rings. The lowest BCUT2D eigenvalue weighted by Gasteiger charge is -2.26. The quantitative estimate of drug-likeness (QED) is 0.544. The largest absolute Gasteiger partial charge is 0.506 e. The zero-order valence-electron chi connectivity index (χ0n) is 17.3. The van der Waals surface area contributed by atoms with Crippen LogP contribution < -0.4 is 19.6 Å². The number of nitrogens with zero attached hydrogens (tertiary/aromatic N) is 2. The molecule has 3 heterocycles. The number of hydrogen-bond donors (Lipinski definition) is 1. The van der Waals surface area contributed by atoms with Crippen LogP contribution in [-0.2, 0) is 9.53 Å². The van der Waals surface area contributed by atoms with Crippen LogP contribution in [0.1, 0.15) is 24.1 Å². The number of phenols is 1. The first-order chi connectivity index (χ1) is 15.7. The molecule has 2 aromatic carbocycles. The van der Waals surface area contributed by atoms with Gasteiger partial charge in [-0.3, -0.25) is 14.2 Å². The number of halogens is 2. The van der Waals surface area contributed by atoms with Gasteiger partial charge in [-0.15, -0.1) is 0 Å². The van der Waals surface area contributed by atoms with Crippen LogP contribution in [0.2, 0.25) is 10.0 Å². The summed E-state index contributed by atoms with van der Waals surface area (Å²) in [4.78, 5) is 31.6. The zero-order chi connectivity index (χ0) is 23.3. The Morgan fingerprint density at radius 1 is 1.33 bits per heavy atom. The molecule has 1 aliphatic carbocycles. The van der Waals surface area contributed by atoms with Crippen LogP contribution in [0.3, 0.4) is 0 Å². The molecule has 1 spiro atoms. The summed E-state index contributed by atoms with van der Waals surface area (Å²) in [6.45, 7) is 1.85. The Morgan fingerprint density at radius 3 is 2.85 bits per heavy atom. The van der Waals surface area contributed by atoms with E-state index in [4.69, 9.17) is 37.7 Å². The van der Waals surface area contributed by atoms with Gasteiger partial charge in [0.1, 0.15) is 29.0 Å². The van der Waals surface area contributed by atoms with Crippen LogP contribution in [0.4, 0.5) is 0 Å². The number of rotatable bonds is 2. The molecule has 1 N–H and O–H groups in total. The van der Waals surface area contributed by atoms with E-state index in [9.17, 15) is 14.7 Å². The molecule has 2 aliphatic heterocycles. The average molecular weight is 503 g/mol. The molecule has 33 heavy (non-hydrogen) atoms. The summed E-state index contributed by atoms with van der Waals surface area (Å²) in [5.41, 5.74) is -1.10.